The van der Waals surface area contributed by atoms with Crippen LogP contribution in [0.15, 0.2) is 11.4 Å². The number of anilines is 1. The molecule has 2 aromatic rings. The van der Waals surface area contributed by atoms with Crippen LogP contribution >= 0.6 is 23.1 Å². The van der Waals surface area contributed by atoms with Gasteiger partial charge in [0.05, 0.1) is 11.1 Å². The summed E-state index contributed by atoms with van der Waals surface area (Å²) in [5.41, 5.74) is 0. The maximum atomic E-state index is 4.63. The van der Waals surface area contributed by atoms with Gasteiger partial charge in [0.25, 0.3) is 0 Å². The smallest absolute Gasteiger partial charge is 0.142 e. The highest BCUT2D eigenvalue weighted by Crippen LogP contribution is 2.26. The van der Waals surface area contributed by atoms with Crippen molar-refractivity contribution < 1.29 is 0 Å². The third kappa shape index (κ3) is 4.06. The second kappa shape index (κ2) is 7.07. The number of hydrogen-bond acceptors (Lipinski definition) is 6. The summed E-state index contributed by atoms with van der Waals surface area (Å²) < 4.78 is 0. The summed E-state index contributed by atoms with van der Waals surface area (Å²) in [6, 6.07) is 2.08. The van der Waals surface area contributed by atoms with E-state index < -0.39 is 0 Å². The van der Waals surface area contributed by atoms with Crippen LogP contribution in [0.3, 0.4) is 0 Å². The van der Waals surface area contributed by atoms with Crippen LogP contribution < -0.4 is 5.32 Å². The molecule has 0 saturated heterocycles. The van der Waals surface area contributed by atoms with Crippen molar-refractivity contribution in [1.29, 1.82) is 0 Å². The number of fused-ring (bicyclic) bond motifs is 1. The maximum absolute atomic E-state index is 4.63. The molecule has 2 aromatic heterocycles. The second-order valence-electron chi connectivity index (χ2n) is 4.51. The quantitative estimate of drug-likeness (QED) is 0.796. The van der Waals surface area contributed by atoms with Gasteiger partial charge in [0, 0.05) is 18.8 Å². The van der Waals surface area contributed by atoms with Gasteiger partial charge < -0.3 is 10.2 Å². The van der Waals surface area contributed by atoms with E-state index in [0.717, 1.165) is 46.5 Å². The Hall–Kier alpha value is -0.850. The standard InChI is InChI=1S/C13H20N4S2/c1-4-14-12-10-5-7-19-13(10)16-11(15-12)9-18-8-6-17(2)3/h5,7H,4,6,8-9H2,1-3H3,(H,14,15,16). The summed E-state index contributed by atoms with van der Waals surface area (Å²) in [6.07, 6.45) is 0. The molecule has 0 aliphatic carbocycles. The molecule has 0 aromatic carbocycles. The Morgan fingerprint density at radius 2 is 2.21 bits per heavy atom. The van der Waals surface area contributed by atoms with Crippen LogP contribution in [0.4, 0.5) is 5.82 Å². The first-order valence-corrected chi connectivity index (χ1v) is 8.44. The molecular weight excluding hydrogens is 276 g/mol. The Morgan fingerprint density at radius 1 is 1.37 bits per heavy atom. The SMILES string of the molecule is CCNc1nc(CSCCN(C)C)nc2sccc12. The number of thiophene rings is 1. The minimum atomic E-state index is 0.875. The Kier molecular flexibility index (Phi) is 5.42. The van der Waals surface area contributed by atoms with Gasteiger partial charge in [-0.05, 0) is 32.5 Å². The average Bonchev–Trinajstić information content (AvgIpc) is 2.83. The summed E-state index contributed by atoms with van der Waals surface area (Å²) in [5, 5.41) is 6.53. The lowest BCUT2D eigenvalue weighted by molar-refractivity contribution is 0.437. The van der Waals surface area contributed by atoms with Crippen molar-refractivity contribution in [3.05, 3.63) is 17.3 Å². The Labute approximate surface area is 122 Å². The monoisotopic (exact) mass is 296 g/mol. The lowest BCUT2D eigenvalue weighted by Gasteiger charge is -2.09. The summed E-state index contributed by atoms with van der Waals surface area (Å²) in [6.45, 7) is 4.06. The summed E-state index contributed by atoms with van der Waals surface area (Å²) >= 11 is 3.56. The van der Waals surface area contributed by atoms with E-state index >= 15 is 0 Å². The minimum absolute atomic E-state index is 0.875. The van der Waals surface area contributed by atoms with Crippen LogP contribution in [0.2, 0.25) is 0 Å². The fourth-order valence-electron chi connectivity index (χ4n) is 1.68. The Morgan fingerprint density at radius 3 is 2.95 bits per heavy atom. The van der Waals surface area contributed by atoms with Crippen LogP contribution in [0.25, 0.3) is 10.2 Å². The van der Waals surface area contributed by atoms with Gasteiger partial charge >= 0.3 is 0 Å². The topological polar surface area (TPSA) is 41.1 Å². The van der Waals surface area contributed by atoms with Crippen molar-refractivity contribution in [1.82, 2.24) is 14.9 Å². The predicted molar refractivity (Wildman–Crippen MR) is 86.3 cm³/mol. The van der Waals surface area contributed by atoms with Gasteiger partial charge in [-0.3, -0.25) is 0 Å². The molecule has 1 N–H and O–H groups in total. The first-order chi connectivity index (χ1) is 9.20. The molecule has 2 heterocycles. The molecule has 0 unspecified atom stereocenters. The van der Waals surface area contributed by atoms with E-state index in [0.29, 0.717) is 0 Å². The predicted octanol–water partition coefficient (Wildman–Crippen LogP) is 2.92. The lowest BCUT2D eigenvalue weighted by atomic mass is 10.3. The number of hydrogen-bond donors (Lipinski definition) is 1. The molecule has 0 aliphatic heterocycles. The lowest BCUT2D eigenvalue weighted by Crippen LogP contribution is -2.15. The van der Waals surface area contributed by atoms with Crippen molar-refractivity contribution in [2.75, 3.05) is 38.3 Å². The van der Waals surface area contributed by atoms with E-state index in [-0.39, 0.29) is 0 Å². The van der Waals surface area contributed by atoms with E-state index in [4.69, 9.17) is 0 Å². The molecule has 0 saturated carbocycles. The maximum Gasteiger partial charge on any atom is 0.142 e. The largest absolute Gasteiger partial charge is 0.370 e. The number of rotatable bonds is 7. The molecule has 104 valence electrons. The van der Waals surface area contributed by atoms with Crippen molar-refractivity contribution >= 4 is 39.1 Å². The van der Waals surface area contributed by atoms with Gasteiger partial charge in [0.1, 0.15) is 16.5 Å². The van der Waals surface area contributed by atoms with Crippen molar-refractivity contribution in [3.63, 3.8) is 0 Å². The molecule has 19 heavy (non-hydrogen) atoms. The van der Waals surface area contributed by atoms with Crippen molar-refractivity contribution in [2.45, 2.75) is 12.7 Å². The van der Waals surface area contributed by atoms with Gasteiger partial charge in [-0.25, -0.2) is 9.97 Å². The van der Waals surface area contributed by atoms with E-state index in [2.05, 4.69) is 52.7 Å². The third-order valence-corrected chi connectivity index (χ3v) is 4.37. The first-order valence-electron chi connectivity index (χ1n) is 6.41. The third-order valence-electron chi connectivity index (χ3n) is 2.63. The van der Waals surface area contributed by atoms with Crippen molar-refractivity contribution in [2.24, 2.45) is 0 Å². The zero-order valence-electron chi connectivity index (χ0n) is 11.6. The Balaban J connectivity index is 2.06. The molecule has 0 fully saturated rings. The Bertz CT molecular complexity index is 524. The van der Waals surface area contributed by atoms with Crippen LogP contribution in [0, 0.1) is 0 Å². The first kappa shape index (κ1) is 14.6. The molecule has 0 aliphatic rings. The van der Waals surface area contributed by atoms with Gasteiger partial charge in [-0.15, -0.1) is 11.3 Å². The molecule has 6 heteroatoms. The molecule has 0 spiro atoms. The fraction of sp³-hybridized carbons (Fsp3) is 0.538. The van der Waals surface area contributed by atoms with E-state index in [1.165, 1.54) is 0 Å². The molecule has 4 nitrogen and oxygen atoms in total. The fourth-order valence-corrected chi connectivity index (χ4v) is 3.41. The summed E-state index contributed by atoms with van der Waals surface area (Å²) in [7, 11) is 4.19. The summed E-state index contributed by atoms with van der Waals surface area (Å²) in [5.74, 6) is 3.88. The molecule has 0 radical (unpaired) electrons. The van der Waals surface area contributed by atoms with Crippen LogP contribution in [-0.2, 0) is 5.75 Å². The van der Waals surface area contributed by atoms with Crippen LogP contribution in [0.5, 0.6) is 0 Å². The zero-order valence-corrected chi connectivity index (χ0v) is 13.3. The molecule has 0 amide bonds. The van der Waals surface area contributed by atoms with E-state index in [1.807, 2.05) is 11.8 Å². The zero-order chi connectivity index (χ0) is 13.7. The van der Waals surface area contributed by atoms with Gasteiger partial charge in [0.2, 0.25) is 0 Å². The molecule has 0 bridgehead atoms. The number of nitrogens with zero attached hydrogens (tertiary/aromatic N) is 3. The van der Waals surface area contributed by atoms with Crippen LogP contribution in [0.1, 0.15) is 12.7 Å². The number of thioether (sulfide) groups is 1. The van der Waals surface area contributed by atoms with Gasteiger partial charge in [-0.1, -0.05) is 0 Å². The molecule has 2 rings (SSSR count). The normalized spacial score (nSPS) is 11.4. The average molecular weight is 296 g/mol. The molecule has 0 atom stereocenters. The highest BCUT2D eigenvalue weighted by molar-refractivity contribution is 7.98. The second-order valence-corrected chi connectivity index (χ2v) is 6.51. The number of nitrogens with one attached hydrogen (secondary N) is 1. The molecular formula is C13H20N4S2. The van der Waals surface area contributed by atoms with Gasteiger partial charge in [0.15, 0.2) is 0 Å². The number of aromatic nitrogens is 2. The van der Waals surface area contributed by atoms with Crippen molar-refractivity contribution in [3.8, 4) is 0 Å². The van der Waals surface area contributed by atoms with E-state index in [9.17, 15) is 0 Å². The van der Waals surface area contributed by atoms with Crippen LogP contribution in [-0.4, -0.2) is 47.8 Å². The van der Waals surface area contributed by atoms with E-state index in [1.54, 1.807) is 11.3 Å². The highest BCUT2D eigenvalue weighted by atomic mass is 32.2. The highest BCUT2D eigenvalue weighted by Gasteiger charge is 2.08. The van der Waals surface area contributed by atoms with Gasteiger partial charge in [-0.2, -0.15) is 11.8 Å². The summed E-state index contributed by atoms with van der Waals surface area (Å²) in [4.78, 5) is 12.5. The minimum Gasteiger partial charge on any atom is -0.370 e.